The number of methoxy groups -OCH3 is 1. The molecule has 6 rings (SSSR count). The van der Waals surface area contributed by atoms with Gasteiger partial charge in [-0.2, -0.15) is 0 Å². The number of pyridine rings is 1. The van der Waals surface area contributed by atoms with Gasteiger partial charge in [0.25, 0.3) is 0 Å². The summed E-state index contributed by atoms with van der Waals surface area (Å²) in [6.07, 6.45) is 10.4. The van der Waals surface area contributed by atoms with E-state index in [0.717, 1.165) is 56.6 Å². The first-order valence-electron chi connectivity index (χ1n) is 14.5. The maximum absolute atomic E-state index is 14.6. The topological polar surface area (TPSA) is 80.5 Å². The van der Waals surface area contributed by atoms with Gasteiger partial charge in [-0.15, -0.1) is 0 Å². The second kappa shape index (κ2) is 10.4. The number of piperidine rings is 1. The summed E-state index contributed by atoms with van der Waals surface area (Å²) < 4.78 is 5.42. The lowest BCUT2D eigenvalue weighted by Gasteiger charge is -2.48. The van der Waals surface area contributed by atoms with Gasteiger partial charge in [-0.05, 0) is 61.5 Å². The summed E-state index contributed by atoms with van der Waals surface area (Å²) in [5, 5.41) is 3.62. The Hall–Kier alpha value is -2.44. The zero-order chi connectivity index (χ0) is 25.4. The first kappa shape index (κ1) is 24.9. The van der Waals surface area contributed by atoms with E-state index >= 15 is 0 Å². The van der Waals surface area contributed by atoms with Crippen LogP contribution in [-0.2, 0) is 10.2 Å². The largest absolute Gasteiger partial charge is 0.481 e. The van der Waals surface area contributed by atoms with Gasteiger partial charge in [-0.1, -0.05) is 55.7 Å². The molecule has 2 unspecified atom stereocenters. The summed E-state index contributed by atoms with van der Waals surface area (Å²) in [6, 6.07) is 15.3. The zero-order valence-electron chi connectivity index (χ0n) is 22.2. The van der Waals surface area contributed by atoms with Crippen LogP contribution < -0.4 is 15.8 Å². The number of amides is 1. The average molecular weight is 503 g/mol. The molecule has 5 atom stereocenters. The molecule has 37 heavy (non-hydrogen) atoms. The van der Waals surface area contributed by atoms with E-state index in [1.165, 1.54) is 37.7 Å². The van der Waals surface area contributed by atoms with Crippen LogP contribution in [0.25, 0.3) is 0 Å². The van der Waals surface area contributed by atoms with Crippen molar-refractivity contribution >= 4 is 5.91 Å². The normalized spacial score (nSPS) is 32.3. The Bertz CT molecular complexity index is 1100. The summed E-state index contributed by atoms with van der Waals surface area (Å²) in [6.45, 7) is 2.40. The lowest BCUT2D eigenvalue weighted by molar-refractivity contribution is -0.143. The van der Waals surface area contributed by atoms with Crippen LogP contribution in [-0.4, -0.2) is 48.6 Å². The minimum absolute atomic E-state index is 0.0756. The second-order valence-electron chi connectivity index (χ2n) is 11.9. The van der Waals surface area contributed by atoms with Crippen LogP contribution in [0.1, 0.15) is 86.6 Å². The molecule has 3 N–H and O–H groups in total. The quantitative estimate of drug-likeness (QED) is 0.634. The second-order valence-corrected chi connectivity index (χ2v) is 11.9. The van der Waals surface area contributed by atoms with E-state index < -0.39 is 0 Å². The number of hydrogen-bond acceptors (Lipinski definition) is 5. The van der Waals surface area contributed by atoms with Crippen molar-refractivity contribution in [3.05, 3.63) is 59.3 Å². The molecule has 2 aliphatic heterocycles. The van der Waals surface area contributed by atoms with Crippen LogP contribution in [0.3, 0.4) is 0 Å². The van der Waals surface area contributed by atoms with Crippen LogP contribution in [0, 0.1) is 11.8 Å². The van der Waals surface area contributed by atoms with Crippen molar-refractivity contribution in [1.29, 1.82) is 0 Å². The first-order chi connectivity index (χ1) is 18.1. The number of likely N-dealkylation sites (tertiary alicyclic amines) is 1. The van der Waals surface area contributed by atoms with E-state index in [-0.39, 0.29) is 17.4 Å². The molecule has 3 fully saturated rings. The Morgan fingerprint density at radius 1 is 1.08 bits per heavy atom. The SMILES string of the molecule is COc1ccc2c(n1)C(N)CC[C@]21CNCC1C(=O)N1CC[C@@H](c2ccccc2)C[C@H]1C1CCCCC1. The fraction of sp³-hybridized carbons (Fsp3) is 0.613. The van der Waals surface area contributed by atoms with Gasteiger partial charge in [-0.25, -0.2) is 4.98 Å². The van der Waals surface area contributed by atoms with Gasteiger partial charge in [0.1, 0.15) is 0 Å². The molecule has 4 aliphatic rings. The molecule has 2 saturated heterocycles. The van der Waals surface area contributed by atoms with Gasteiger partial charge in [0.2, 0.25) is 11.8 Å². The highest BCUT2D eigenvalue weighted by atomic mass is 16.5. The number of nitrogens with two attached hydrogens (primary N) is 1. The lowest BCUT2D eigenvalue weighted by atomic mass is 9.64. The number of aromatic nitrogens is 1. The van der Waals surface area contributed by atoms with E-state index in [1.807, 2.05) is 6.07 Å². The summed E-state index contributed by atoms with van der Waals surface area (Å²) in [5.74, 6) is 2.03. The maximum Gasteiger partial charge on any atom is 0.228 e. The van der Waals surface area contributed by atoms with Gasteiger partial charge in [0.15, 0.2) is 0 Å². The molecule has 2 aliphatic carbocycles. The van der Waals surface area contributed by atoms with Crippen molar-refractivity contribution in [3.8, 4) is 5.88 Å². The van der Waals surface area contributed by atoms with Crippen molar-refractivity contribution in [1.82, 2.24) is 15.2 Å². The summed E-state index contributed by atoms with van der Waals surface area (Å²) in [4.78, 5) is 21.7. The van der Waals surface area contributed by atoms with Crippen LogP contribution >= 0.6 is 0 Å². The molecule has 3 heterocycles. The molecule has 198 valence electrons. The number of rotatable bonds is 4. The Labute approximate surface area is 221 Å². The Kier molecular flexibility index (Phi) is 6.97. The smallest absolute Gasteiger partial charge is 0.228 e. The van der Waals surface area contributed by atoms with Crippen LogP contribution in [0.4, 0.5) is 0 Å². The van der Waals surface area contributed by atoms with Crippen molar-refractivity contribution in [2.75, 3.05) is 26.7 Å². The number of hydrogen-bond donors (Lipinski definition) is 2. The molecule has 6 heteroatoms. The average Bonchev–Trinajstić information content (AvgIpc) is 3.39. The van der Waals surface area contributed by atoms with Gasteiger partial charge in [-0.3, -0.25) is 4.79 Å². The summed E-state index contributed by atoms with van der Waals surface area (Å²) in [7, 11) is 1.65. The predicted molar refractivity (Wildman–Crippen MR) is 145 cm³/mol. The molecular weight excluding hydrogens is 460 g/mol. The molecule has 1 aromatic heterocycles. The Balaban J connectivity index is 1.31. The highest BCUT2D eigenvalue weighted by Gasteiger charge is 2.53. The minimum Gasteiger partial charge on any atom is -0.481 e. The first-order valence-corrected chi connectivity index (χ1v) is 14.5. The highest BCUT2D eigenvalue weighted by Crippen LogP contribution is 2.49. The van der Waals surface area contributed by atoms with Crippen LogP contribution in [0.5, 0.6) is 5.88 Å². The molecule has 1 saturated carbocycles. The third kappa shape index (κ3) is 4.46. The Morgan fingerprint density at radius 3 is 2.68 bits per heavy atom. The van der Waals surface area contributed by atoms with Gasteiger partial charge in [0.05, 0.1) is 18.7 Å². The number of carbonyl (C=O) groups is 1. The number of ether oxygens (including phenoxy) is 1. The monoisotopic (exact) mass is 502 g/mol. The number of benzene rings is 1. The van der Waals surface area contributed by atoms with Gasteiger partial charge < -0.3 is 20.7 Å². The Morgan fingerprint density at radius 2 is 1.89 bits per heavy atom. The maximum atomic E-state index is 14.6. The van der Waals surface area contributed by atoms with E-state index in [1.54, 1.807) is 7.11 Å². The highest BCUT2D eigenvalue weighted by molar-refractivity contribution is 5.82. The van der Waals surface area contributed by atoms with Crippen molar-refractivity contribution in [2.45, 2.75) is 81.2 Å². The van der Waals surface area contributed by atoms with Gasteiger partial charge in [0, 0.05) is 43.2 Å². The van der Waals surface area contributed by atoms with Crippen molar-refractivity contribution in [2.24, 2.45) is 17.6 Å². The minimum atomic E-state index is -0.241. The van der Waals surface area contributed by atoms with E-state index in [4.69, 9.17) is 15.5 Å². The molecule has 1 spiro atoms. The molecule has 6 nitrogen and oxygen atoms in total. The van der Waals surface area contributed by atoms with E-state index in [9.17, 15) is 4.79 Å². The number of fused-ring (bicyclic) bond motifs is 2. The molecule has 2 aromatic rings. The molecule has 1 amide bonds. The third-order valence-corrected chi connectivity index (χ3v) is 10.0. The molecule has 0 radical (unpaired) electrons. The van der Waals surface area contributed by atoms with Crippen LogP contribution in [0.2, 0.25) is 0 Å². The van der Waals surface area contributed by atoms with Crippen molar-refractivity contribution in [3.63, 3.8) is 0 Å². The van der Waals surface area contributed by atoms with E-state index in [0.29, 0.717) is 29.7 Å². The third-order valence-electron chi connectivity index (χ3n) is 10.0. The number of carbonyl (C=O) groups excluding carboxylic acids is 1. The van der Waals surface area contributed by atoms with Gasteiger partial charge >= 0.3 is 0 Å². The fourth-order valence-electron chi connectivity index (χ4n) is 8.05. The number of nitrogens with one attached hydrogen (secondary N) is 1. The summed E-state index contributed by atoms with van der Waals surface area (Å²) >= 11 is 0. The lowest BCUT2D eigenvalue weighted by Crippen LogP contribution is -2.55. The van der Waals surface area contributed by atoms with Crippen LogP contribution in [0.15, 0.2) is 42.5 Å². The summed E-state index contributed by atoms with van der Waals surface area (Å²) in [5.41, 5.74) is 9.81. The molecule has 0 bridgehead atoms. The molecular formula is C31H42N4O2. The zero-order valence-corrected chi connectivity index (χ0v) is 22.2. The predicted octanol–water partition coefficient (Wildman–Crippen LogP) is 4.70. The molecule has 1 aromatic carbocycles. The van der Waals surface area contributed by atoms with E-state index in [2.05, 4.69) is 46.6 Å². The standard InChI is InChI=1S/C31H42N4O2/c1-37-28-13-12-24-29(34-28)26(32)14-16-31(24)20-33-19-25(31)30(36)35-17-15-23(21-8-4-2-5-9-21)18-27(35)22-10-6-3-7-11-22/h2,4-5,8-9,12-13,22-23,25-27,33H,3,6-7,10-11,14-20,32H2,1H3/t23-,25?,26?,27+,31+/m1/s1. The fourth-order valence-corrected chi connectivity index (χ4v) is 8.05. The van der Waals surface area contributed by atoms with Crippen molar-refractivity contribution < 1.29 is 9.53 Å². The number of nitrogens with zero attached hydrogens (tertiary/aromatic N) is 2.